The summed E-state index contributed by atoms with van der Waals surface area (Å²) < 4.78 is 5.59. The molecule has 1 N–H and O–H groups in total. The van der Waals surface area contributed by atoms with Crippen molar-refractivity contribution < 1.29 is 19.4 Å². The summed E-state index contributed by atoms with van der Waals surface area (Å²) in [6, 6.07) is 7.46. The molecule has 5 nitrogen and oxygen atoms in total. The Morgan fingerprint density at radius 1 is 1.29 bits per heavy atom. The van der Waals surface area contributed by atoms with Crippen LogP contribution in [0.15, 0.2) is 24.3 Å². The lowest BCUT2D eigenvalue weighted by atomic mass is 9.91. The number of fused-ring (bicyclic) bond motifs is 1. The van der Waals surface area contributed by atoms with Crippen LogP contribution in [-0.2, 0) is 9.59 Å². The molecule has 1 saturated heterocycles. The third kappa shape index (κ3) is 2.73. The Bertz CT molecular complexity index is 557. The molecule has 112 valence electrons. The third-order valence-corrected chi connectivity index (χ3v) is 4.33. The fourth-order valence-electron chi connectivity index (χ4n) is 3.34. The first-order chi connectivity index (χ1) is 10.2. The summed E-state index contributed by atoms with van der Waals surface area (Å²) in [6.07, 6.45) is 2.36. The van der Waals surface area contributed by atoms with E-state index in [0.29, 0.717) is 19.6 Å². The molecule has 3 rings (SSSR count). The van der Waals surface area contributed by atoms with Gasteiger partial charge in [-0.05, 0) is 25.3 Å². The van der Waals surface area contributed by atoms with Crippen molar-refractivity contribution in [3.8, 4) is 5.75 Å². The van der Waals surface area contributed by atoms with Gasteiger partial charge in [-0.3, -0.25) is 9.59 Å². The molecular formula is C16H19NO4. The second-order valence-corrected chi connectivity index (χ2v) is 5.65. The first-order valence-corrected chi connectivity index (χ1v) is 7.41. The van der Waals surface area contributed by atoms with Crippen molar-refractivity contribution in [2.45, 2.75) is 37.6 Å². The van der Waals surface area contributed by atoms with E-state index in [4.69, 9.17) is 9.84 Å². The smallest absolute Gasteiger partial charge is 0.305 e. The van der Waals surface area contributed by atoms with E-state index >= 15 is 0 Å². The second kappa shape index (κ2) is 5.76. The molecule has 0 aromatic heterocycles. The van der Waals surface area contributed by atoms with Crippen molar-refractivity contribution in [2.75, 3.05) is 13.2 Å². The lowest BCUT2D eigenvalue weighted by Crippen LogP contribution is -2.41. The summed E-state index contributed by atoms with van der Waals surface area (Å²) in [7, 11) is 0. The van der Waals surface area contributed by atoms with E-state index in [0.717, 1.165) is 24.2 Å². The number of nitrogens with zero attached hydrogens (tertiary/aromatic N) is 1. The van der Waals surface area contributed by atoms with Crippen LogP contribution in [0.4, 0.5) is 0 Å². The van der Waals surface area contributed by atoms with E-state index in [9.17, 15) is 9.59 Å². The number of hydrogen-bond donors (Lipinski definition) is 1. The van der Waals surface area contributed by atoms with Crippen LogP contribution in [0.1, 0.15) is 37.2 Å². The van der Waals surface area contributed by atoms with Crippen molar-refractivity contribution in [1.29, 1.82) is 0 Å². The van der Waals surface area contributed by atoms with Crippen LogP contribution in [0.2, 0.25) is 0 Å². The molecule has 0 aliphatic carbocycles. The van der Waals surface area contributed by atoms with Gasteiger partial charge in [-0.1, -0.05) is 18.2 Å². The van der Waals surface area contributed by atoms with Crippen LogP contribution >= 0.6 is 0 Å². The van der Waals surface area contributed by atoms with Gasteiger partial charge in [-0.2, -0.15) is 0 Å². The number of hydrogen-bond acceptors (Lipinski definition) is 3. The van der Waals surface area contributed by atoms with Gasteiger partial charge in [-0.15, -0.1) is 0 Å². The predicted molar refractivity (Wildman–Crippen MR) is 76.3 cm³/mol. The van der Waals surface area contributed by atoms with Gasteiger partial charge in [0.1, 0.15) is 5.75 Å². The second-order valence-electron chi connectivity index (χ2n) is 5.65. The molecule has 0 bridgehead atoms. The molecule has 1 aromatic carbocycles. The zero-order chi connectivity index (χ0) is 14.8. The highest BCUT2D eigenvalue weighted by Gasteiger charge is 2.36. The monoisotopic (exact) mass is 289 g/mol. The van der Waals surface area contributed by atoms with Gasteiger partial charge in [0.2, 0.25) is 5.91 Å². The number of carboxylic acid groups (broad SMARTS) is 1. The number of carbonyl (C=O) groups excluding carboxylic acids is 1. The number of likely N-dealkylation sites (tertiary alicyclic amines) is 1. The topological polar surface area (TPSA) is 66.8 Å². The van der Waals surface area contributed by atoms with Gasteiger partial charge in [0.25, 0.3) is 0 Å². The van der Waals surface area contributed by atoms with E-state index in [1.54, 1.807) is 4.90 Å². The summed E-state index contributed by atoms with van der Waals surface area (Å²) >= 11 is 0. The lowest BCUT2D eigenvalue weighted by Gasteiger charge is -2.31. The Kier molecular flexibility index (Phi) is 3.82. The van der Waals surface area contributed by atoms with Crippen molar-refractivity contribution in [1.82, 2.24) is 4.90 Å². The number of benzene rings is 1. The molecule has 0 spiro atoms. The maximum absolute atomic E-state index is 12.8. The maximum Gasteiger partial charge on any atom is 0.305 e. The number of aliphatic carboxylic acids is 1. The average Bonchev–Trinajstić information content (AvgIpc) is 2.93. The molecule has 5 heteroatoms. The lowest BCUT2D eigenvalue weighted by molar-refractivity contribution is -0.140. The number of rotatable bonds is 3. The molecule has 1 aromatic rings. The number of carboxylic acids is 1. The fourth-order valence-corrected chi connectivity index (χ4v) is 3.34. The van der Waals surface area contributed by atoms with E-state index < -0.39 is 5.97 Å². The summed E-state index contributed by atoms with van der Waals surface area (Å²) in [6.45, 7) is 1.20. The van der Waals surface area contributed by atoms with Crippen LogP contribution in [0.5, 0.6) is 5.75 Å². The van der Waals surface area contributed by atoms with E-state index in [1.807, 2.05) is 24.3 Å². The van der Waals surface area contributed by atoms with Gasteiger partial charge in [0, 0.05) is 18.2 Å². The number of carbonyl (C=O) groups is 2. The van der Waals surface area contributed by atoms with Crippen LogP contribution in [0.3, 0.4) is 0 Å². The standard InChI is InChI=1S/C16H19NO4/c18-15(19)10-11-4-3-8-17(11)16(20)13-7-9-21-14-6-2-1-5-12(13)14/h1-2,5-6,11,13H,3-4,7-10H2,(H,18,19). The minimum Gasteiger partial charge on any atom is -0.493 e. The molecule has 2 heterocycles. The number of para-hydroxylation sites is 1. The van der Waals surface area contributed by atoms with Gasteiger partial charge in [-0.25, -0.2) is 0 Å². The van der Waals surface area contributed by atoms with Crippen LogP contribution in [0, 0.1) is 0 Å². The van der Waals surface area contributed by atoms with Gasteiger partial charge in [0.15, 0.2) is 0 Å². The molecular weight excluding hydrogens is 270 g/mol. The third-order valence-electron chi connectivity index (χ3n) is 4.33. The van der Waals surface area contributed by atoms with Crippen molar-refractivity contribution >= 4 is 11.9 Å². The van der Waals surface area contributed by atoms with Gasteiger partial charge < -0.3 is 14.7 Å². The maximum atomic E-state index is 12.8. The van der Waals surface area contributed by atoms with Gasteiger partial charge >= 0.3 is 5.97 Å². The van der Waals surface area contributed by atoms with E-state index in [2.05, 4.69) is 0 Å². The molecule has 2 atom stereocenters. The van der Waals surface area contributed by atoms with Crippen LogP contribution < -0.4 is 4.74 Å². The van der Waals surface area contributed by atoms with Crippen molar-refractivity contribution in [2.24, 2.45) is 0 Å². The summed E-state index contributed by atoms with van der Waals surface area (Å²) in [5.74, 6) is -0.220. The highest BCUT2D eigenvalue weighted by molar-refractivity contribution is 5.85. The minimum absolute atomic E-state index is 0.0383. The largest absolute Gasteiger partial charge is 0.493 e. The molecule has 1 amide bonds. The minimum atomic E-state index is -0.841. The van der Waals surface area contributed by atoms with E-state index in [-0.39, 0.29) is 24.3 Å². The van der Waals surface area contributed by atoms with Crippen LogP contribution in [-0.4, -0.2) is 41.1 Å². The number of amides is 1. The zero-order valence-corrected chi connectivity index (χ0v) is 11.8. The SMILES string of the molecule is O=C(O)CC1CCCN1C(=O)C1CCOc2ccccc21. The predicted octanol–water partition coefficient (Wildman–Crippen LogP) is 2.02. The van der Waals surface area contributed by atoms with Crippen LogP contribution in [0.25, 0.3) is 0 Å². The summed E-state index contributed by atoms with van der Waals surface area (Å²) in [4.78, 5) is 25.5. The quantitative estimate of drug-likeness (QED) is 0.924. The molecule has 2 unspecified atom stereocenters. The van der Waals surface area contributed by atoms with Crippen molar-refractivity contribution in [3.63, 3.8) is 0 Å². The molecule has 21 heavy (non-hydrogen) atoms. The normalized spacial score (nSPS) is 24.3. The Balaban J connectivity index is 1.81. The Morgan fingerprint density at radius 3 is 2.90 bits per heavy atom. The highest BCUT2D eigenvalue weighted by Crippen LogP contribution is 2.36. The Labute approximate surface area is 123 Å². The van der Waals surface area contributed by atoms with Crippen molar-refractivity contribution in [3.05, 3.63) is 29.8 Å². The molecule has 0 saturated carbocycles. The zero-order valence-electron chi connectivity index (χ0n) is 11.8. The first kappa shape index (κ1) is 13.9. The van der Waals surface area contributed by atoms with Gasteiger partial charge in [0.05, 0.1) is 18.9 Å². The first-order valence-electron chi connectivity index (χ1n) is 7.41. The molecule has 2 aliphatic heterocycles. The number of ether oxygens (including phenoxy) is 1. The summed E-state index contributed by atoms with van der Waals surface area (Å²) in [5.41, 5.74) is 0.926. The molecule has 0 radical (unpaired) electrons. The molecule has 1 fully saturated rings. The fraction of sp³-hybridized carbons (Fsp3) is 0.500. The Hall–Kier alpha value is -2.04. The Morgan fingerprint density at radius 2 is 2.10 bits per heavy atom. The summed E-state index contributed by atoms with van der Waals surface area (Å²) in [5, 5.41) is 8.98. The van der Waals surface area contributed by atoms with E-state index in [1.165, 1.54) is 0 Å². The molecule has 2 aliphatic rings. The average molecular weight is 289 g/mol. The highest BCUT2D eigenvalue weighted by atomic mass is 16.5.